The van der Waals surface area contributed by atoms with Gasteiger partial charge in [0.05, 0.1) is 0 Å². The number of nitrogens with two attached hydrogens (primary N) is 1. The lowest BCUT2D eigenvalue weighted by Gasteiger charge is -2.04. The van der Waals surface area contributed by atoms with E-state index in [1.54, 1.807) is 18.5 Å². The van der Waals surface area contributed by atoms with Gasteiger partial charge in [0.15, 0.2) is 11.6 Å². The molecule has 0 saturated heterocycles. The van der Waals surface area contributed by atoms with Crippen LogP contribution in [0.5, 0.6) is 5.75 Å². The van der Waals surface area contributed by atoms with E-state index in [9.17, 15) is 9.18 Å². The predicted octanol–water partition coefficient (Wildman–Crippen LogP) is 1.83. The zero-order valence-corrected chi connectivity index (χ0v) is 7.61. The maximum atomic E-state index is 13.3. The molecule has 2 aromatic rings. The SMILES string of the molecule is NC(=O)Oc1cc2cnccc2cc1F. The maximum absolute atomic E-state index is 13.3. The number of ether oxygens (including phenoxy) is 1. The highest BCUT2D eigenvalue weighted by Crippen LogP contribution is 2.23. The summed E-state index contributed by atoms with van der Waals surface area (Å²) in [6.07, 6.45) is 2.05. The molecule has 1 heterocycles. The lowest BCUT2D eigenvalue weighted by molar-refractivity contribution is 0.209. The Bertz CT molecular complexity index is 528. The molecule has 1 aromatic carbocycles. The Balaban J connectivity index is 2.56. The second kappa shape index (κ2) is 3.53. The van der Waals surface area contributed by atoms with Crippen LogP contribution in [0.1, 0.15) is 0 Å². The second-order valence-electron chi connectivity index (χ2n) is 2.93. The number of halogens is 1. The van der Waals surface area contributed by atoms with Gasteiger partial charge in [-0.25, -0.2) is 9.18 Å². The van der Waals surface area contributed by atoms with Gasteiger partial charge in [-0.3, -0.25) is 4.98 Å². The minimum Gasteiger partial charge on any atom is -0.407 e. The molecule has 15 heavy (non-hydrogen) atoms. The predicted molar refractivity (Wildman–Crippen MR) is 51.9 cm³/mol. The summed E-state index contributed by atoms with van der Waals surface area (Å²) in [6, 6.07) is 4.30. The van der Waals surface area contributed by atoms with Crippen LogP contribution in [-0.4, -0.2) is 11.1 Å². The molecule has 0 aliphatic heterocycles. The zero-order valence-electron chi connectivity index (χ0n) is 7.61. The van der Waals surface area contributed by atoms with Crippen LogP contribution in [0.2, 0.25) is 0 Å². The fourth-order valence-corrected chi connectivity index (χ4v) is 1.27. The van der Waals surface area contributed by atoms with Crippen molar-refractivity contribution < 1.29 is 13.9 Å². The number of carbonyl (C=O) groups is 1. The molecular formula is C10H7FN2O2. The van der Waals surface area contributed by atoms with E-state index < -0.39 is 11.9 Å². The summed E-state index contributed by atoms with van der Waals surface area (Å²) in [5.41, 5.74) is 4.79. The normalized spacial score (nSPS) is 10.2. The van der Waals surface area contributed by atoms with Gasteiger partial charge in [0.25, 0.3) is 0 Å². The Kier molecular flexibility index (Phi) is 2.21. The number of amides is 1. The number of fused-ring (bicyclic) bond motifs is 1. The van der Waals surface area contributed by atoms with Crippen LogP contribution < -0.4 is 10.5 Å². The van der Waals surface area contributed by atoms with Crippen molar-refractivity contribution in [2.75, 3.05) is 0 Å². The third-order valence-electron chi connectivity index (χ3n) is 1.90. The molecule has 0 saturated carbocycles. The molecule has 0 fully saturated rings. The summed E-state index contributed by atoms with van der Waals surface area (Å²) in [5, 5.41) is 1.36. The number of hydrogen-bond donors (Lipinski definition) is 1. The molecule has 76 valence electrons. The number of carbonyl (C=O) groups excluding carboxylic acids is 1. The van der Waals surface area contributed by atoms with E-state index in [4.69, 9.17) is 5.73 Å². The first kappa shape index (κ1) is 9.39. The minimum absolute atomic E-state index is 0.192. The quantitative estimate of drug-likeness (QED) is 0.774. The van der Waals surface area contributed by atoms with Gasteiger partial charge in [-0.05, 0) is 23.6 Å². The molecule has 2 N–H and O–H groups in total. The van der Waals surface area contributed by atoms with Crippen LogP contribution in [0.25, 0.3) is 10.8 Å². The number of rotatable bonds is 1. The molecule has 0 bridgehead atoms. The number of aromatic nitrogens is 1. The summed E-state index contributed by atoms with van der Waals surface area (Å²) in [6.45, 7) is 0. The van der Waals surface area contributed by atoms with E-state index in [0.717, 1.165) is 0 Å². The Morgan fingerprint density at radius 3 is 2.93 bits per heavy atom. The van der Waals surface area contributed by atoms with Crippen LogP contribution >= 0.6 is 0 Å². The molecule has 0 aliphatic rings. The fraction of sp³-hybridized carbons (Fsp3) is 0. The standard InChI is InChI=1S/C10H7FN2O2/c11-8-3-6-1-2-13-5-7(6)4-9(8)15-10(12)14/h1-5H,(H2,12,14). The lowest BCUT2D eigenvalue weighted by Crippen LogP contribution is -2.16. The largest absolute Gasteiger partial charge is 0.410 e. The van der Waals surface area contributed by atoms with Crippen LogP contribution in [0.15, 0.2) is 30.6 Å². The highest BCUT2D eigenvalue weighted by atomic mass is 19.1. The van der Waals surface area contributed by atoms with E-state index in [1.165, 1.54) is 12.1 Å². The molecule has 0 atom stereocenters. The molecule has 0 aliphatic carbocycles. The molecule has 1 aromatic heterocycles. The van der Waals surface area contributed by atoms with Crippen LogP contribution in [0.3, 0.4) is 0 Å². The summed E-state index contributed by atoms with van der Waals surface area (Å²) in [4.78, 5) is 14.3. The van der Waals surface area contributed by atoms with Crippen LogP contribution in [-0.2, 0) is 0 Å². The topological polar surface area (TPSA) is 65.2 Å². The van der Waals surface area contributed by atoms with E-state index in [0.29, 0.717) is 10.8 Å². The second-order valence-corrected chi connectivity index (χ2v) is 2.93. The van der Waals surface area contributed by atoms with Crippen molar-refractivity contribution in [3.05, 3.63) is 36.4 Å². The monoisotopic (exact) mass is 206 g/mol. The van der Waals surface area contributed by atoms with E-state index in [2.05, 4.69) is 9.72 Å². The molecule has 4 nitrogen and oxygen atoms in total. The van der Waals surface area contributed by atoms with Gasteiger partial charge in [0.2, 0.25) is 0 Å². The van der Waals surface area contributed by atoms with Crippen molar-refractivity contribution in [2.45, 2.75) is 0 Å². The fourth-order valence-electron chi connectivity index (χ4n) is 1.27. The van der Waals surface area contributed by atoms with E-state index in [-0.39, 0.29) is 5.75 Å². The van der Waals surface area contributed by atoms with Crippen LogP contribution in [0.4, 0.5) is 9.18 Å². The molecule has 5 heteroatoms. The summed E-state index contributed by atoms with van der Waals surface area (Å²) in [5.74, 6) is -0.824. The summed E-state index contributed by atoms with van der Waals surface area (Å²) >= 11 is 0. The molecule has 0 radical (unpaired) electrons. The van der Waals surface area contributed by atoms with E-state index >= 15 is 0 Å². The third kappa shape index (κ3) is 1.85. The molecule has 1 amide bonds. The van der Waals surface area contributed by atoms with Gasteiger partial charge < -0.3 is 10.5 Å². The van der Waals surface area contributed by atoms with Gasteiger partial charge in [-0.15, -0.1) is 0 Å². The number of benzene rings is 1. The maximum Gasteiger partial charge on any atom is 0.410 e. The Morgan fingerprint density at radius 1 is 1.40 bits per heavy atom. The first-order valence-electron chi connectivity index (χ1n) is 4.17. The Hall–Kier alpha value is -2.17. The van der Waals surface area contributed by atoms with Crippen molar-refractivity contribution >= 4 is 16.9 Å². The van der Waals surface area contributed by atoms with E-state index in [1.807, 2.05) is 0 Å². The van der Waals surface area contributed by atoms with Crippen molar-refractivity contribution in [3.63, 3.8) is 0 Å². The Morgan fingerprint density at radius 2 is 2.20 bits per heavy atom. The lowest BCUT2D eigenvalue weighted by atomic mass is 10.1. The van der Waals surface area contributed by atoms with Crippen molar-refractivity contribution in [3.8, 4) is 5.75 Å². The number of primary amides is 1. The molecule has 2 rings (SSSR count). The van der Waals surface area contributed by atoms with Crippen molar-refractivity contribution in [1.29, 1.82) is 0 Å². The molecule has 0 spiro atoms. The van der Waals surface area contributed by atoms with Crippen molar-refractivity contribution in [2.24, 2.45) is 5.73 Å². The first-order chi connectivity index (χ1) is 7.16. The third-order valence-corrected chi connectivity index (χ3v) is 1.90. The number of nitrogens with zero attached hydrogens (tertiary/aromatic N) is 1. The highest BCUT2D eigenvalue weighted by Gasteiger charge is 2.08. The van der Waals surface area contributed by atoms with Gasteiger partial charge in [0, 0.05) is 17.8 Å². The number of hydrogen-bond acceptors (Lipinski definition) is 3. The first-order valence-corrected chi connectivity index (χ1v) is 4.17. The highest BCUT2D eigenvalue weighted by molar-refractivity contribution is 5.83. The van der Waals surface area contributed by atoms with Gasteiger partial charge in [0.1, 0.15) is 0 Å². The number of pyridine rings is 1. The molecule has 0 unspecified atom stereocenters. The smallest absolute Gasteiger partial charge is 0.407 e. The summed E-state index contributed by atoms with van der Waals surface area (Å²) < 4.78 is 17.8. The van der Waals surface area contributed by atoms with Gasteiger partial charge in [-0.2, -0.15) is 0 Å². The molecular weight excluding hydrogens is 199 g/mol. The van der Waals surface area contributed by atoms with Gasteiger partial charge >= 0.3 is 6.09 Å². The minimum atomic E-state index is -1.04. The van der Waals surface area contributed by atoms with Crippen molar-refractivity contribution in [1.82, 2.24) is 4.98 Å². The average molecular weight is 206 g/mol. The summed E-state index contributed by atoms with van der Waals surface area (Å²) in [7, 11) is 0. The Labute approximate surface area is 84.5 Å². The average Bonchev–Trinajstić information content (AvgIpc) is 2.18. The van der Waals surface area contributed by atoms with Crippen LogP contribution in [0, 0.1) is 5.82 Å². The zero-order chi connectivity index (χ0) is 10.8. The van der Waals surface area contributed by atoms with Gasteiger partial charge in [-0.1, -0.05) is 0 Å².